The van der Waals surface area contributed by atoms with Gasteiger partial charge >= 0.3 is 5.97 Å². The first-order chi connectivity index (χ1) is 19.4. The number of hydrogen-bond acceptors (Lipinski definition) is 5. The molecule has 2 atom stereocenters. The van der Waals surface area contributed by atoms with Gasteiger partial charge in [-0.2, -0.15) is 5.26 Å². The van der Waals surface area contributed by atoms with E-state index in [1.54, 1.807) is 0 Å². The predicted octanol–water partition coefficient (Wildman–Crippen LogP) is 7.10. The van der Waals surface area contributed by atoms with Crippen molar-refractivity contribution in [2.45, 2.75) is 37.3 Å². The molecular formula is C32H31N3O3S2. The van der Waals surface area contributed by atoms with Crippen molar-refractivity contribution in [3.8, 4) is 17.3 Å². The number of fused-ring (bicyclic) bond motifs is 1. The van der Waals surface area contributed by atoms with Gasteiger partial charge in [-0.05, 0) is 54.7 Å². The lowest BCUT2D eigenvalue weighted by atomic mass is 9.95. The molecule has 1 aromatic heterocycles. The van der Waals surface area contributed by atoms with E-state index in [9.17, 15) is 19.4 Å². The molecule has 3 aromatic carbocycles. The van der Waals surface area contributed by atoms with Gasteiger partial charge in [0.15, 0.2) is 11.0 Å². The van der Waals surface area contributed by atoms with Crippen LogP contribution in [0, 0.1) is 24.2 Å². The van der Waals surface area contributed by atoms with Crippen molar-refractivity contribution in [1.82, 2.24) is 3.97 Å². The fourth-order valence-corrected chi connectivity index (χ4v) is 7.28. The molecule has 8 heteroatoms. The number of nitriles is 1. The Kier molecular flexibility index (Phi) is 8.15. The van der Waals surface area contributed by atoms with Crippen LogP contribution in [-0.2, 0) is 15.8 Å². The van der Waals surface area contributed by atoms with Crippen LogP contribution in [0.5, 0.6) is 0 Å². The van der Waals surface area contributed by atoms with Crippen LogP contribution in [0.4, 0.5) is 5.69 Å². The van der Waals surface area contributed by atoms with Crippen molar-refractivity contribution in [2.24, 2.45) is 5.92 Å². The summed E-state index contributed by atoms with van der Waals surface area (Å²) >= 11 is 1.53. The van der Waals surface area contributed by atoms with Gasteiger partial charge in [-0.25, -0.2) is 4.21 Å². The van der Waals surface area contributed by atoms with Gasteiger partial charge in [0.1, 0.15) is 0 Å². The number of hydrogen-bond donors (Lipinski definition) is 1. The number of thioether (sulfide) groups is 1. The summed E-state index contributed by atoms with van der Waals surface area (Å²) in [7, 11) is -1.52. The zero-order chi connectivity index (χ0) is 28.4. The number of allylic oxidation sites excluding steroid dienone is 1. The topological polar surface area (TPSA) is 86.3 Å². The molecule has 40 heavy (non-hydrogen) atoms. The molecule has 0 spiro atoms. The van der Waals surface area contributed by atoms with Crippen LogP contribution in [0.3, 0.4) is 0 Å². The maximum Gasteiger partial charge on any atom is 0.310 e. The number of carboxylic acid groups (broad SMARTS) is 1. The minimum Gasteiger partial charge on any atom is -0.481 e. The molecule has 3 heterocycles. The molecule has 0 amide bonds. The Morgan fingerprint density at radius 2 is 1.77 bits per heavy atom. The van der Waals surface area contributed by atoms with Gasteiger partial charge in [0.2, 0.25) is 0 Å². The van der Waals surface area contributed by atoms with Gasteiger partial charge in [0, 0.05) is 35.3 Å². The number of anilines is 1. The maximum atomic E-state index is 14.2. The summed E-state index contributed by atoms with van der Waals surface area (Å²) in [4.78, 5) is 14.1. The Morgan fingerprint density at radius 1 is 1.05 bits per heavy atom. The zero-order valence-electron chi connectivity index (χ0n) is 22.7. The van der Waals surface area contributed by atoms with Gasteiger partial charge in [0.25, 0.3) is 0 Å². The number of nitrogens with zero attached hydrogens (tertiary/aromatic N) is 3. The molecule has 6 rings (SSSR count). The number of benzene rings is 3. The quantitative estimate of drug-likeness (QED) is 0.266. The van der Waals surface area contributed by atoms with Crippen molar-refractivity contribution in [3.05, 3.63) is 89.3 Å². The number of aryl methyl sites for hydroxylation is 1. The van der Waals surface area contributed by atoms with Gasteiger partial charge in [-0.15, -0.1) is 11.8 Å². The van der Waals surface area contributed by atoms with Crippen molar-refractivity contribution in [1.29, 1.82) is 5.26 Å². The normalized spacial score (nSPS) is 17.4. The number of aliphatic carboxylic acids is 1. The molecule has 4 aromatic rings. The summed E-state index contributed by atoms with van der Waals surface area (Å²) in [6.07, 6.45) is 0.617. The highest BCUT2D eigenvalue weighted by molar-refractivity contribution is 8.03. The maximum absolute atomic E-state index is 14.2. The van der Waals surface area contributed by atoms with Crippen LogP contribution in [0.15, 0.2) is 83.1 Å². The third-order valence-corrected chi connectivity index (χ3v) is 9.59. The fourth-order valence-electron chi connectivity index (χ4n) is 5.12. The smallest absolute Gasteiger partial charge is 0.310 e. The van der Waals surface area contributed by atoms with Crippen LogP contribution >= 0.6 is 11.8 Å². The van der Waals surface area contributed by atoms with Gasteiger partial charge in [0.05, 0.1) is 33.3 Å². The number of para-hydroxylation sites is 1. The van der Waals surface area contributed by atoms with E-state index in [1.807, 2.05) is 85.4 Å². The first-order valence-corrected chi connectivity index (χ1v) is 15.4. The molecule has 1 fully saturated rings. The predicted molar refractivity (Wildman–Crippen MR) is 165 cm³/mol. The minimum atomic E-state index is -1.52. The first kappa shape index (κ1) is 27.8. The third kappa shape index (κ3) is 5.07. The second-order valence-corrected chi connectivity index (χ2v) is 12.1. The van der Waals surface area contributed by atoms with E-state index in [1.165, 1.54) is 11.8 Å². The first-order valence-electron chi connectivity index (χ1n) is 13.4. The lowest BCUT2D eigenvalue weighted by Crippen LogP contribution is -2.50. The van der Waals surface area contributed by atoms with Crippen LogP contribution in [-0.4, -0.2) is 37.6 Å². The van der Waals surface area contributed by atoms with E-state index in [4.69, 9.17) is 0 Å². The van der Waals surface area contributed by atoms with E-state index in [2.05, 4.69) is 28.5 Å². The Balaban J connectivity index is 0.00000158. The van der Waals surface area contributed by atoms with Gasteiger partial charge < -0.3 is 10.0 Å². The molecule has 0 saturated carbocycles. The molecule has 2 aliphatic heterocycles. The minimum absolute atomic E-state index is 0.150. The van der Waals surface area contributed by atoms with Crippen LogP contribution in [0.2, 0.25) is 0 Å². The number of carboxylic acids is 1. The largest absolute Gasteiger partial charge is 0.481 e. The van der Waals surface area contributed by atoms with Crippen LogP contribution in [0.1, 0.15) is 31.4 Å². The van der Waals surface area contributed by atoms with Crippen molar-refractivity contribution in [2.75, 3.05) is 18.0 Å². The Bertz CT molecular complexity index is 1660. The SMILES string of the molecule is CC.Cc1ccc(S(=O)n2c(-c3cccc(N4CC(C(=O)O)C4)c3)c(C3=CSC(C#N)C3)c3ccccc32)cc1. The summed E-state index contributed by atoms with van der Waals surface area (Å²) < 4.78 is 16.2. The third-order valence-electron chi connectivity index (χ3n) is 7.18. The van der Waals surface area contributed by atoms with E-state index in [-0.39, 0.29) is 11.2 Å². The van der Waals surface area contributed by atoms with Crippen molar-refractivity contribution < 1.29 is 14.1 Å². The molecule has 2 unspecified atom stereocenters. The summed E-state index contributed by atoms with van der Waals surface area (Å²) in [5, 5.41) is 21.8. The van der Waals surface area contributed by atoms with E-state index >= 15 is 0 Å². The van der Waals surface area contributed by atoms with Crippen LogP contribution < -0.4 is 4.90 Å². The van der Waals surface area contributed by atoms with Gasteiger partial charge in [-0.3, -0.25) is 8.77 Å². The number of rotatable bonds is 6. The van der Waals surface area contributed by atoms with Crippen LogP contribution in [0.25, 0.3) is 27.7 Å². The molecule has 1 saturated heterocycles. The van der Waals surface area contributed by atoms with E-state index in [0.717, 1.165) is 44.5 Å². The molecule has 204 valence electrons. The molecule has 0 radical (unpaired) electrons. The van der Waals surface area contributed by atoms with E-state index in [0.29, 0.717) is 24.4 Å². The lowest BCUT2D eigenvalue weighted by Gasteiger charge is -2.38. The van der Waals surface area contributed by atoms with Gasteiger partial charge in [-0.1, -0.05) is 61.9 Å². The second-order valence-electron chi connectivity index (χ2n) is 9.69. The molecule has 0 aliphatic carbocycles. The molecular weight excluding hydrogens is 539 g/mol. The molecule has 1 N–H and O–H groups in total. The summed E-state index contributed by atoms with van der Waals surface area (Å²) in [6, 6.07) is 26.1. The second kappa shape index (κ2) is 11.7. The Hall–Kier alpha value is -3.80. The average Bonchev–Trinajstić information content (AvgIpc) is 3.56. The number of carbonyl (C=O) groups is 1. The zero-order valence-corrected chi connectivity index (χ0v) is 24.3. The number of aromatic nitrogens is 1. The highest BCUT2D eigenvalue weighted by Gasteiger charge is 2.33. The summed E-state index contributed by atoms with van der Waals surface area (Å²) in [5.74, 6) is -1.13. The van der Waals surface area contributed by atoms with Crippen molar-refractivity contribution >= 4 is 50.9 Å². The monoisotopic (exact) mass is 569 g/mol. The molecule has 6 nitrogen and oxygen atoms in total. The fraction of sp³-hybridized carbons (Fsp3) is 0.250. The summed E-state index contributed by atoms with van der Waals surface area (Å²) in [5.41, 5.74) is 6.70. The van der Waals surface area contributed by atoms with Crippen molar-refractivity contribution in [3.63, 3.8) is 0 Å². The lowest BCUT2D eigenvalue weighted by molar-refractivity contribution is -0.142. The average molecular weight is 570 g/mol. The van der Waals surface area contributed by atoms with E-state index < -0.39 is 17.0 Å². The molecule has 2 aliphatic rings. The standard InChI is InChI=1S/C30H25N3O3S2.C2H6/c1-19-9-11-25(12-10-19)38(36)33-27-8-3-2-7-26(27)28(21-14-24(15-31)37-18-21)29(33)20-5-4-6-23(13-20)32-16-22(17-32)30(34)35;1-2/h2-13,18,22,24H,14,16-17H2,1H3,(H,34,35);1-2H3. The Labute approximate surface area is 241 Å². The highest BCUT2D eigenvalue weighted by Crippen LogP contribution is 2.46. The highest BCUT2D eigenvalue weighted by atomic mass is 32.2. The Morgan fingerprint density at radius 3 is 2.45 bits per heavy atom. The molecule has 0 bridgehead atoms. The summed E-state index contributed by atoms with van der Waals surface area (Å²) in [6.45, 7) is 6.94.